The quantitative estimate of drug-likeness (QED) is 0.0150. The Balaban J connectivity index is 0.000000167. The van der Waals surface area contributed by atoms with Crippen molar-refractivity contribution in [2.75, 3.05) is 83.8 Å². The number of benzene rings is 4. The fourth-order valence-corrected chi connectivity index (χ4v) is 13.3. The maximum atomic E-state index is 12.5. The number of nitrogens with one attached hydrogen (secondary N) is 6. The zero-order chi connectivity index (χ0) is 92.0. The number of rotatable bonds is 23. The van der Waals surface area contributed by atoms with Crippen LogP contribution in [0.2, 0.25) is 15.1 Å². The minimum absolute atomic E-state index is 0.00804. The zero-order valence-electron chi connectivity index (χ0n) is 68.5. The third kappa shape index (κ3) is 29.2. The number of thioether (sulfide) groups is 3. The first-order valence-electron chi connectivity index (χ1n) is 36.8. The number of nitrogens with zero attached hydrogens (tertiary/aromatic N) is 22. The van der Waals surface area contributed by atoms with E-state index in [9.17, 15) is 50.9 Å². The zero-order valence-corrected chi connectivity index (χ0v) is 74.8. The number of aromatic nitrogens is 20. The fraction of sp³-hybridized carbons (Fsp3) is 0.123. The first-order valence-corrected chi connectivity index (χ1v) is 45.4. The summed E-state index contributed by atoms with van der Waals surface area (Å²) in [5.41, 5.74) is 3.73. The minimum atomic E-state index is -3.42. The van der Waals surface area contributed by atoms with Crippen molar-refractivity contribution in [1.82, 2.24) is 105 Å². The SMILES string of the molecule is CSc1nc(NC(=O)/C=C/CN(C)C)nc(-c2ccccn2)n1.CSc1nc(NC(=O)Nc2ccccc2)nc(-c2ccccn2)n1.CSc1nc(NC(=O)c2cc([N+](=O)[O-])ccc2Cl)nc(-c2ccccn2)n1.Cc1nc(NC(=O)c2ccc(S(C)(=O)=O)cc2Cl)nc(-c2cccnc2)n1.Cc1nc(NC(=O)c2ccc(S(C)(=O)=O)cc2Cl)nc(-c2ccncc2)n1. The van der Waals surface area contributed by atoms with Crippen molar-refractivity contribution in [2.45, 2.75) is 39.1 Å². The second kappa shape index (κ2) is 46.1. The summed E-state index contributed by atoms with van der Waals surface area (Å²) in [6, 6.07) is 43.3. The summed E-state index contributed by atoms with van der Waals surface area (Å²) >= 11 is 22.1. The summed E-state index contributed by atoms with van der Waals surface area (Å²) in [6.45, 7) is 4.03. The average Bonchev–Trinajstić information content (AvgIpc) is 0.818. The number of halogens is 3. The van der Waals surface area contributed by atoms with E-state index < -0.39 is 48.4 Å². The van der Waals surface area contributed by atoms with E-state index in [1.54, 1.807) is 130 Å². The van der Waals surface area contributed by atoms with Gasteiger partial charge >= 0.3 is 6.03 Å². The molecule has 14 aromatic rings. The molecule has 14 rings (SSSR count). The lowest BCUT2D eigenvalue weighted by Gasteiger charge is -2.08. The third-order valence-corrected chi connectivity index (χ3v) is 20.8. The van der Waals surface area contributed by atoms with E-state index >= 15 is 0 Å². The molecule has 0 aliphatic carbocycles. The van der Waals surface area contributed by atoms with Crippen LogP contribution in [0.25, 0.3) is 57.3 Å². The van der Waals surface area contributed by atoms with Crippen LogP contribution in [-0.4, -0.2) is 208 Å². The number of anilines is 6. The lowest BCUT2D eigenvalue weighted by Crippen LogP contribution is -2.21. The molecule has 0 saturated carbocycles. The van der Waals surface area contributed by atoms with Gasteiger partial charge < -0.3 is 10.2 Å². The van der Waals surface area contributed by atoms with E-state index in [0.29, 0.717) is 85.3 Å². The Morgan fingerprint density at radius 3 is 1.27 bits per heavy atom. The highest BCUT2D eigenvalue weighted by molar-refractivity contribution is 7.98. The van der Waals surface area contributed by atoms with E-state index in [1.807, 2.05) is 80.0 Å². The molecule has 0 aliphatic heterocycles. The topological polar surface area (TPSA) is 530 Å². The molecule has 0 radical (unpaired) electrons. The summed E-state index contributed by atoms with van der Waals surface area (Å²) < 4.78 is 46.3. The number of urea groups is 1. The van der Waals surface area contributed by atoms with Crippen molar-refractivity contribution in [3.05, 3.63) is 273 Å². The Morgan fingerprint density at radius 1 is 0.422 bits per heavy atom. The molecule has 0 bridgehead atoms. The number of amides is 6. The molecule has 0 atom stereocenters. The van der Waals surface area contributed by atoms with Crippen molar-refractivity contribution >= 4 is 161 Å². The van der Waals surface area contributed by atoms with Gasteiger partial charge in [-0.2, -0.15) is 49.8 Å². The number of nitro benzene ring substituents is 1. The minimum Gasteiger partial charge on any atom is -0.308 e. The van der Waals surface area contributed by atoms with Gasteiger partial charge in [0.1, 0.15) is 28.7 Å². The van der Waals surface area contributed by atoms with Gasteiger partial charge in [0.05, 0.1) is 46.5 Å². The number of sulfone groups is 2. The average molecular weight is 1880 g/mol. The van der Waals surface area contributed by atoms with E-state index in [-0.39, 0.29) is 88.7 Å². The highest BCUT2D eigenvalue weighted by atomic mass is 35.5. The van der Waals surface area contributed by atoms with Crippen LogP contribution in [0.3, 0.4) is 0 Å². The number of non-ortho nitro benzene ring substituents is 1. The smallest absolute Gasteiger partial charge is 0.308 e. The van der Waals surface area contributed by atoms with Gasteiger partial charge in [0.2, 0.25) is 35.6 Å². The Labute approximate surface area is 758 Å². The molecule has 0 fully saturated rings. The number of likely N-dealkylation sites (N-methyl/N-ethyl adjacent to an activating group) is 1. The summed E-state index contributed by atoms with van der Waals surface area (Å²) in [6.07, 6.45) is 22.2. The first-order chi connectivity index (χ1) is 61.3. The first kappa shape index (κ1) is 96.0. The van der Waals surface area contributed by atoms with E-state index in [2.05, 4.69) is 132 Å². The maximum Gasteiger partial charge on any atom is 0.326 e. The molecule has 47 heteroatoms. The maximum absolute atomic E-state index is 12.5. The van der Waals surface area contributed by atoms with Crippen molar-refractivity contribution in [3.8, 4) is 57.3 Å². The standard InChI is InChI=1S/2C17H14ClN5O3S.C16H11ClN6O3S.C16H14N6OS.C15H18N6OS/c1-10-20-15(11-5-7-19-8-6-11)22-17(21-10)23-16(24)13-4-3-12(9-14(13)18)27(2,25)26;1-10-20-15(11-4-3-7-19-9-11)22-17(21-10)23-16(24)13-6-5-12(8-14(13)18)27(2,25)26;1-27-16-20-13(12-4-2-3-7-18-12)19-15(22-16)21-14(24)10-8-9(23(25)26)5-6-11(10)17;1-24-16-20-13(12-9-5-6-10-17-12)19-14(22-16)21-15(23)18-11-7-3-2-4-8-11;1-21(2)10-6-8-12(22)17-14-18-13(19-15(20-14)23-3)11-7-4-5-9-16-11/h2*3-9H,1-2H3,(H,20,21,22,23,24);2-8H,1H3,(H,19,20,21,22,24);2-10H,1H3,(H2,18,19,20,21,22,23);4-9H,10H2,1-3H3,(H,17,18,19,20,22)/b;;;;8-6+. The van der Waals surface area contributed by atoms with Crippen LogP contribution in [-0.2, 0) is 24.5 Å². The number of hydrogen-bond donors (Lipinski definition) is 6. The van der Waals surface area contributed by atoms with Gasteiger partial charge in [-0.1, -0.05) is 113 Å². The molecular weight excluding hydrogens is 1810 g/mol. The second-order valence-electron chi connectivity index (χ2n) is 25.8. The number of hydrogen-bond acceptors (Lipinski definition) is 35. The number of carbonyl (C=O) groups excluding carboxylic acids is 5. The number of carbonyl (C=O) groups is 5. The van der Waals surface area contributed by atoms with E-state index in [0.717, 1.165) is 24.1 Å². The lowest BCUT2D eigenvalue weighted by molar-refractivity contribution is -0.384. The van der Waals surface area contributed by atoms with Crippen LogP contribution in [0.1, 0.15) is 42.7 Å². The second-order valence-corrected chi connectivity index (χ2v) is 33.4. The Kier molecular flexibility index (Phi) is 34.6. The normalized spacial score (nSPS) is 10.9. The van der Waals surface area contributed by atoms with Crippen molar-refractivity contribution in [2.24, 2.45) is 0 Å². The molecule has 0 spiro atoms. The van der Waals surface area contributed by atoms with Crippen LogP contribution in [0.15, 0.2) is 245 Å². The molecule has 39 nitrogen and oxygen atoms in total. The number of nitro groups is 1. The molecule has 10 heterocycles. The van der Waals surface area contributed by atoms with Crippen LogP contribution in [0.5, 0.6) is 0 Å². The van der Waals surface area contributed by atoms with Gasteiger partial charge in [-0.25, -0.2) is 46.6 Å². The molecular formula is C81H71Cl3N28O11S5. The summed E-state index contributed by atoms with van der Waals surface area (Å²) in [5.74, 6) is 1.11. The molecule has 652 valence electrons. The molecule has 0 saturated heterocycles. The highest BCUT2D eigenvalue weighted by Crippen LogP contribution is 2.29. The van der Waals surface area contributed by atoms with Gasteiger partial charge in [-0.05, 0) is 162 Å². The third-order valence-electron chi connectivity index (χ3n) is 16.0. The van der Waals surface area contributed by atoms with Gasteiger partial charge in [0.15, 0.2) is 64.3 Å². The summed E-state index contributed by atoms with van der Waals surface area (Å²) in [4.78, 5) is 158. The fourth-order valence-electron chi connectivity index (χ4n) is 10.1. The molecule has 0 unspecified atom stereocenters. The van der Waals surface area contributed by atoms with E-state index in [4.69, 9.17) is 34.8 Å². The predicted molar refractivity (Wildman–Crippen MR) is 487 cm³/mol. The summed E-state index contributed by atoms with van der Waals surface area (Å²) in [7, 11) is -2.99. The van der Waals surface area contributed by atoms with Crippen LogP contribution < -0.4 is 31.9 Å². The van der Waals surface area contributed by atoms with Gasteiger partial charge in [-0.15, -0.1) is 0 Å². The molecule has 6 N–H and O–H groups in total. The van der Waals surface area contributed by atoms with Gasteiger partial charge in [0, 0.05) is 97.5 Å². The summed E-state index contributed by atoms with van der Waals surface area (Å²) in [5, 5.41) is 28.0. The van der Waals surface area contributed by atoms with Crippen molar-refractivity contribution < 1.29 is 45.7 Å². The monoisotopic (exact) mass is 1880 g/mol. The molecule has 10 aromatic heterocycles. The van der Waals surface area contributed by atoms with Crippen molar-refractivity contribution in [1.29, 1.82) is 0 Å². The molecule has 128 heavy (non-hydrogen) atoms. The van der Waals surface area contributed by atoms with E-state index in [1.165, 1.54) is 89.9 Å². The molecule has 6 amide bonds. The molecule has 4 aromatic carbocycles. The Bertz CT molecular complexity index is 6420. The highest BCUT2D eigenvalue weighted by Gasteiger charge is 2.23. The number of aryl methyl sites for hydroxylation is 2. The van der Waals surface area contributed by atoms with Crippen LogP contribution >= 0.6 is 70.1 Å². The largest absolute Gasteiger partial charge is 0.326 e. The van der Waals surface area contributed by atoms with Crippen LogP contribution in [0, 0.1) is 24.0 Å². The Morgan fingerprint density at radius 2 is 0.852 bits per heavy atom. The lowest BCUT2D eigenvalue weighted by atomic mass is 10.2. The molecule has 0 aliphatic rings. The Hall–Kier alpha value is -14.3. The van der Waals surface area contributed by atoms with Crippen molar-refractivity contribution in [3.63, 3.8) is 0 Å². The predicted octanol–water partition coefficient (Wildman–Crippen LogP) is 13.6. The number of pyridine rings is 5. The number of para-hydroxylation sites is 1. The van der Waals surface area contributed by atoms with Gasteiger partial charge in [0.25, 0.3) is 23.4 Å². The van der Waals surface area contributed by atoms with Crippen LogP contribution in [0.4, 0.5) is 45.9 Å². The van der Waals surface area contributed by atoms with Gasteiger partial charge in [-0.3, -0.25) is 80.8 Å².